The van der Waals surface area contributed by atoms with Gasteiger partial charge in [-0.25, -0.2) is 4.79 Å². The molecule has 0 aliphatic carbocycles. The topological polar surface area (TPSA) is 46.5 Å². The van der Waals surface area contributed by atoms with Crippen LogP contribution in [0, 0.1) is 6.92 Å². The zero-order valence-electron chi connectivity index (χ0n) is 11.1. The molecule has 0 radical (unpaired) electrons. The van der Waals surface area contributed by atoms with Crippen molar-refractivity contribution in [2.45, 2.75) is 32.8 Å². The van der Waals surface area contributed by atoms with E-state index < -0.39 is 5.60 Å². The fraction of sp³-hybridized carbons (Fsp3) is 0.400. The first-order chi connectivity index (χ1) is 8.45. The minimum Gasteiger partial charge on any atom is -0.463 e. The third-order valence-electron chi connectivity index (χ3n) is 2.73. The number of rotatable bonds is 5. The Hall–Kier alpha value is -1.61. The fourth-order valence-electron chi connectivity index (χ4n) is 1.61. The van der Waals surface area contributed by atoms with Gasteiger partial charge in [0.25, 0.3) is 0 Å². The Morgan fingerprint density at radius 3 is 2.56 bits per heavy atom. The van der Waals surface area contributed by atoms with Gasteiger partial charge >= 0.3 is 5.97 Å². The first-order valence-corrected chi connectivity index (χ1v) is 6.08. The third kappa shape index (κ3) is 4.34. The highest BCUT2D eigenvalue weighted by Gasteiger charge is 2.21. The average Bonchev–Trinajstić information content (AvgIpc) is 2.29. The van der Waals surface area contributed by atoms with Crippen LogP contribution >= 0.6 is 0 Å². The second-order valence-electron chi connectivity index (χ2n) is 4.50. The largest absolute Gasteiger partial charge is 0.463 e. The van der Waals surface area contributed by atoms with Crippen LogP contribution in [0.5, 0.6) is 0 Å². The Balaban J connectivity index is 2.64. The van der Waals surface area contributed by atoms with Gasteiger partial charge in [-0.1, -0.05) is 35.9 Å². The number of benzene rings is 1. The molecule has 0 aliphatic rings. The van der Waals surface area contributed by atoms with Crippen molar-refractivity contribution in [1.82, 2.24) is 0 Å². The quantitative estimate of drug-likeness (QED) is 0.643. The van der Waals surface area contributed by atoms with Crippen LogP contribution < -0.4 is 0 Å². The van der Waals surface area contributed by atoms with Crippen LogP contribution in [-0.4, -0.2) is 17.7 Å². The monoisotopic (exact) mass is 248 g/mol. The summed E-state index contributed by atoms with van der Waals surface area (Å²) in [6.07, 6.45) is 3.36. The normalized spacial score (nSPS) is 14.4. The standard InChI is InChI=1S/C15H20O3/c1-4-18-14(16)6-5-11-15(3,17)13-9-7-12(2)8-10-13/h5-10,17H,4,11H2,1-3H3/b6-5-/t15-/m0/s1. The zero-order chi connectivity index (χ0) is 13.6. The first kappa shape index (κ1) is 14.5. The summed E-state index contributed by atoms with van der Waals surface area (Å²) in [4.78, 5) is 11.1. The Morgan fingerprint density at radius 1 is 1.39 bits per heavy atom. The summed E-state index contributed by atoms with van der Waals surface area (Å²) >= 11 is 0. The predicted octanol–water partition coefficient (Wildman–Crippen LogP) is 2.71. The Bertz CT molecular complexity index is 416. The molecule has 3 nitrogen and oxygen atoms in total. The number of aliphatic hydroxyl groups is 1. The highest BCUT2D eigenvalue weighted by atomic mass is 16.5. The molecule has 0 fully saturated rings. The number of aryl methyl sites for hydroxylation is 1. The van der Waals surface area contributed by atoms with E-state index in [-0.39, 0.29) is 5.97 Å². The van der Waals surface area contributed by atoms with E-state index in [1.165, 1.54) is 6.08 Å². The van der Waals surface area contributed by atoms with Gasteiger partial charge in [-0.15, -0.1) is 0 Å². The molecule has 0 saturated carbocycles. The molecule has 1 N–H and O–H groups in total. The molecule has 0 aliphatic heterocycles. The van der Waals surface area contributed by atoms with Gasteiger partial charge in [0.15, 0.2) is 0 Å². The number of ether oxygens (including phenoxy) is 1. The van der Waals surface area contributed by atoms with Crippen molar-refractivity contribution in [3.05, 3.63) is 47.5 Å². The lowest BCUT2D eigenvalue weighted by Gasteiger charge is -2.22. The molecule has 1 aromatic rings. The summed E-state index contributed by atoms with van der Waals surface area (Å²) in [5, 5.41) is 10.3. The molecule has 3 heteroatoms. The van der Waals surface area contributed by atoms with E-state index in [1.807, 2.05) is 31.2 Å². The van der Waals surface area contributed by atoms with Gasteiger partial charge in [0.2, 0.25) is 0 Å². The smallest absolute Gasteiger partial charge is 0.330 e. The first-order valence-electron chi connectivity index (χ1n) is 6.08. The Labute approximate surface area is 108 Å². The Kier molecular flexibility index (Phi) is 5.10. The SMILES string of the molecule is CCOC(=O)/C=C\C[C@](C)(O)c1ccc(C)cc1. The molecule has 0 bridgehead atoms. The molecule has 0 aromatic heterocycles. The zero-order valence-corrected chi connectivity index (χ0v) is 11.1. The molecule has 0 heterocycles. The Morgan fingerprint density at radius 2 is 2.00 bits per heavy atom. The van der Waals surface area contributed by atoms with Gasteiger partial charge in [0.1, 0.15) is 0 Å². The molecule has 1 rings (SSSR count). The predicted molar refractivity (Wildman–Crippen MR) is 71.1 cm³/mol. The summed E-state index contributed by atoms with van der Waals surface area (Å²) in [6.45, 7) is 5.85. The molecule has 0 amide bonds. The van der Waals surface area contributed by atoms with Crippen molar-refractivity contribution in [1.29, 1.82) is 0 Å². The van der Waals surface area contributed by atoms with Crippen molar-refractivity contribution in [3.8, 4) is 0 Å². The van der Waals surface area contributed by atoms with Crippen LogP contribution in [0.15, 0.2) is 36.4 Å². The van der Waals surface area contributed by atoms with Crippen molar-refractivity contribution >= 4 is 5.97 Å². The van der Waals surface area contributed by atoms with Crippen LogP contribution in [0.2, 0.25) is 0 Å². The summed E-state index contributed by atoms with van der Waals surface area (Å²) in [7, 11) is 0. The van der Waals surface area contributed by atoms with Crippen molar-refractivity contribution < 1.29 is 14.6 Å². The van der Waals surface area contributed by atoms with Crippen LogP contribution in [0.1, 0.15) is 31.4 Å². The van der Waals surface area contributed by atoms with Crippen molar-refractivity contribution in [2.24, 2.45) is 0 Å². The number of hydrogen-bond donors (Lipinski definition) is 1. The molecular weight excluding hydrogens is 228 g/mol. The van der Waals surface area contributed by atoms with Gasteiger partial charge in [-0.2, -0.15) is 0 Å². The van der Waals surface area contributed by atoms with Gasteiger partial charge in [0.05, 0.1) is 12.2 Å². The molecule has 0 spiro atoms. The number of hydrogen-bond acceptors (Lipinski definition) is 3. The molecular formula is C15H20O3. The summed E-state index contributed by atoms with van der Waals surface area (Å²) < 4.78 is 4.77. The summed E-state index contributed by atoms with van der Waals surface area (Å²) in [5.74, 6) is -0.378. The van der Waals surface area contributed by atoms with Crippen LogP contribution in [0.25, 0.3) is 0 Å². The highest BCUT2D eigenvalue weighted by Crippen LogP contribution is 2.25. The van der Waals surface area contributed by atoms with Crippen LogP contribution in [0.4, 0.5) is 0 Å². The number of esters is 1. The van der Waals surface area contributed by atoms with Crippen molar-refractivity contribution in [3.63, 3.8) is 0 Å². The van der Waals surface area contributed by atoms with Crippen LogP contribution in [-0.2, 0) is 15.1 Å². The van der Waals surface area contributed by atoms with Gasteiger partial charge < -0.3 is 9.84 Å². The molecule has 1 aromatic carbocycles. The van der Waals surface area contributed by atoms with Gasteiger partial charge in [0, 0.05) is 6.08 Å². The maximum Gasteiger partial charge on any atom is 0.330 e. The van der Waals surface area contributed by atoms with E-state index in [4.69, 9.17) is 4.74 Å². The lowest BCUT2D eigenvalue weighted by Crippen LogP contribution is -2.20. The van der Waals surface area contributed by atoms with E-state index >= 15 is 0 Å². The van der Waals surface area contributed by atoms with Gasteiger partial charge in [-0.05, 0) is 32.8 Å². The highest BCUT2D eigenvalue weighted by molar-refractivity contribution is 5.81. The van der Waals surface area contributed by atoms with E-state index in [1.54, 1.807) is 19.9 Å². The lowest BCUT2D eigenvalue weighted by atomic mass is 9.92. The van der Waals surface area contributed by atoms with E-state index in [9.17, 15) is 9.90 Å². The maximum atomic E-state index is 11.1. The lowest BCUT2D eigenvalue weighted by molar-refractivity contribution is -0.137. The molecule has 0 unspecified atom stereocenters. The van der Waals surface area contributed by atoms with Crippen molar-refractivity contribution in [2.75, 3.05) is 6.61 Å². The average molecular weight is 248 g/mol. The number of carbonyl (C=O) groups is 1. The molecule has 0 saturated heterocycles. The third-order valence-corrected chi connectivity index (χ3v) is 2.73. The summed E-state index contributed by atoms with van der Waals surface area (Å²) in [6, 6.07) is 7.71. The molecule has 1 atom stereocenters. The van der Waals surface area contributed by atoms with E-state index in [0.717, 1.165) is 11.1 Å². The second kappa shape index (κ2) is 6.36. The fourth-order valence-corrected chi connectivity index (χ4v) is 1.61. The second-order valence-corrected chi connectivity index (χ2v) is 4.50. The minimum absolute atomic E-state index is 0.359. The minimum atomic E-state index is -0.976. The van der Waals surface area contributed by atoms with Gasteiger partial charge in [-0.3, -0.25) is 0 Å². The molecule has 98 valence electrons. The van der Waals surface area contributed by atoms with E-state index in [0.29, 0.717) is 13.0 Å². The number of carbonyl (C=O) groups excluding carboxylic acids is 1. The van der Waals surface area contributed by atoms with Crippen LogP contribution in [0.3, 0.4) is 0 Å². The summed E-state index contributed by atoms with van der Waals surface area (Å²) in [5.41, 5.74) is 1.01. The van der Waals surface area contributed by atoms with E-state index in [2.05, 4.69) is 0 Å². The molecule has 18 heavy (non-hydrogen) atoms. The maximum absolute atomic E-state index is 11.1.